The van der Waals surface area contributed by atoms with Gasteiger partial charge in [-0.05, 0) is 61.8 Å². The SMILES string of the molecule is CCCC(CS)(CCC)CN1CCC(C(C)C)CC1. The van der Waals surface area contributed by atoms with E-state index in [4.69, 9.17) is 12.6 Å². The van der Waals surface area contributed by atoms with Crippen molar-refractivity contribution in [1.82, 2.24) is 4.90 Å². The summed E-state index contributed by atoms with van der Waals surface area (Å²) in [5, 5.41) is 0. The molecule has 0 saturated carbocycles. The fourth-order valence-electron chi connectivity index (χ4n) is 3.80. The Hall–Kier alpha value is 0.310. The Bertz CT molecular complexity index is 225. The van der Waals surface area contributed by atoms with Gasteiger partial charge in [-0.2, -0.15) is 12.6 Å². The monoisotopic (exact) mass is 285 g/mol. The van der Waals surface area contributed by atoms with Crippen molar-refractivity contribution in [2.24, 2.45) is 17.3 Å². The predicted molar refractivity (Wildman–Crippen MR) is 90.1 cm³/mol. The maximum atomic E-state index is 4.69. The van der Waals surface area contributed by atoms with Crippen molar-refractivity contribution in [1.29, 1.82) is 0 Å². The van der Waals surface area contributed by atoms with Crippen LogP contribution in [0.15, 0.2) is 0 Å². The second-order valence-corrected chi connectivity index (χ2v) is 7.33. The number of hydrogen-bond donors (Lipinski definition) is 1. The van der Waals surface area contributed by atoms with Crippen molar-refractivity contribution in [2.45, 2.75) is 66.2 Å². The molecule has 1 saturated heterocycles. The summed E-state index contributed by atoms with van der Waals surface area (Å²) < 4.78 is 0. The Balaban J connectivity index is 2.51. The quantitative estimate of drug-likeness (QED) is 0.623. The largest absolute Gasteiger partial charge is 0.303 e. The highest BCUT2D eigenvalue weighted by molar-refractivity contribution is 7.80. The van der Waals surface area contributed by atoms with Crippen LogP contribution in [0.25, 0.3) is 0 Å². The highest BCUT2D eigenvalue weighted by atomic mass is 32.1. The molecule has 0 atom stereocenters. The standard InChI is InChI=1S/C17H35NS/c1-5-9-17(14-19,10-6-2)13-18-11-7-16(8-12-18)15(3)4/h15-16,19H,5-14H2,1-4H3. The molecule has 1 heterocycles. The van der Waals surface area contributed by atoms with Crippen LogP contribution in [0.4, 0.5) is 0 Å². The summed E-state index contributed by atoms with van der Waals surface area (Å²) in [5.41, 5.74) is 0.470. The molecule has 0 bridgehead atoms. The van der Waals surface area contributed by atoms with Crippen LogP contribution in [0, 0.1) is 17.3 Å². The van der Waals surface area contributed by atoms with Gasteiger partial charge < -0.3 is 4.90 Å². The molecule has 1 fully saturated rings. The molecule has 0 spiro atoms. The van der Waals surface area contributed by atoms with Gasteiger partial charge in [-0.25, -0.2) is 0 Å². The molecule has 1 nitrogen and oxygen atoms in total. The second-order valence-electron chi connectivity index (χ2n) is 7.02. The highest BCUT2D eigenvalue weighted by Crippen LogP contribution is 2.34. The minimum Gasteiger partial charge on any atom is -0.303 e. The molecular formula is C17H35NS. The van der Waals surface area contributed by atoms with Crippen LogP contribution in [0.3, 0.4) is 0 Å². The van der Waals surface area contributed by atoms with Crippen LogP contribution >= 0.6 is 12.6 Å². The van der Waals surface area contributed by atoms with Gasteiger partial charge in [0.25, 0.3) is 0 Å². The summed E-state index contributed by atoms with van der Waals surface area (Å²) in [6, 6.07) is 0. The third-order valence-corrected chi connectivity index (χ3v) is 5.70. The number of hydrogen-bond acceptors (Lipinski definition) is 2. The van der Waals surface area contributed by atoms with Gasteiger partial charge in [-0.15, -0.1) is 0 Å². The molecule has 0 aliphatic carbocycles. The van der Waals surface area contributed by atoms with Crippen molar-refractivity contribution in [3.05, 3.63) is 0 Å². The van der Waals surface area contributed by atoms with Gasteiger partial charge in [0.1, 0.15) is 0 Å². The molecule has 0 unspecified atom stereocenters. The molecule has 19 heavy (non-hydrogen) atoms. The van der Waals surface area contributed by atoms with Crippen molar-refractivity contribution < 1.29 is 0 Å². The first-order valence-corrected chi connectivity index (χ1v) is 9.03. The highest BCUT2D eigenvalue weighted by Gasteiger charge is 2.31. The topological polar surface area (TPSA) is 3.24 Å². The molecule has 2 heteroatoms. The van der Waals surface area contributed by atoms with Crippen molar-refractivity contribution in [3.63, 3.8) is 0 Å². The zero-order valence-electron chi connectivity index (χ0n) is 13.6. The minimum atomic E-state index is 0.470. The number of piperidine rings is 1. The first-order valence-electron chi connectivity index (χ1n) is 8.40. The third kappa shape index (κ3) is 5.30. The van der Waals surface area contributed by atoms with Crippen molar-refractivity contribution in [2.75, 3.05) is 25.4 Å². The fourth-order valence-corrected chi connectivity index (χ4v) is 4.22. The molecule has 1 aliphatic heterocycles. The lowest BCUT2D eigenvalue weighted by atomic mass is 9.79. The summed E-state index contributed by atoms with van der Waals surface area (Å²) in [4.78, 5) is 2.72. The average molecular weight is 286 g/mol. The van der Waals surface area contributed by atoms with Gasteiger partial charge in [0.05, 0.1) is 0 Å². The van der Waals surface area contributed by atoms with E-state index in [2.05, 4.69) is 32.6 Å². The summed E-state index contributed by atoms with van der Waals surface area (Å²) in [6.45, 7) is 13.3. The molecule has 0 aromatic carbocycles. The van der Waals surface area contributed by atoms with Crippen LogP contribution in [-0.2, 0) is 0 Å². The summed E-state index contributed by atoms with van der Waals surface area (Å²) in [5.74, 6) is 2.88. The summed E-state index contributed by atoms with van der Waals surface area (Å²) in [6.07, 6.45) is 8.08. The van der Waals surface area contributed by atoms with E-state index >= 15 is 0 Å². The second kappa shape index (κ2) is 8.56. The van der Waals surface area contributed by atoms with Crippen LogP contribution in [0.1, 0.15) is 66.2 Å². The first-order chi connectivity index (χ1) is 9.06. The van der Waals surface area contributed by atoms with E-state index < -0.39 is 0 Å². The lowest BCUT2D eigenvalue weighted by Crippen LogP contribution is -2.43. The van der Waals surface area contributed by atoms with Crippen molar-refractivity contribution >= 4 is 12.6 Å². The zero-order valence-corrected chi connectivity index (χ0v) is 14.5. The van der Waals surface area contributed by atoms with Gasteiger partial charge in [0.2, 0.25) is 0 Å². The van der Waals surface area contributed by atoms with Gasteiger partial charge in [0.15, 0.2) is 0 Å². The molecule has 0 aromatic heterocycles. The van der Waals surface area contributed by atoms with E-state index in [9.17, 15) is 0 Å². The molecule has 114 valence electrons. The summed E-state index contributed by atoms with van der Waals surface area (Å²) >= 11 is 4.69. The molecule has 0 aromatic rings. The van der Waals surface area contributed by atoms with Crippen LogP contribution < -0.4 is 0 Å². The molecule has 0 N–H and O–H groups in total. The Labute approximate surface area is 126 Å². The van der Waals surface area contributed by atoms with Gasteiger partial charge in [-0.3, -0.25) is 0 Å². The Kier molecular flexibility index (Phi) is 7.83. The van der Waals surface area contributed by atoms with E-state index in [1.165, 1.54) is 58.2 Å². The first kappa shape index (κ1) is 17.4. The van der Waals surface area contributed by atoms with E-state index in [0.717, 1.165) is 17.6 Å². The number of thiol groups is 1. The maximum Gasteiger partial charge on any atom is 0.00458 e. The van der Waals surface area contributed by atoms with E-state index in [1.807, 2.05) is 0 Å². The lowest BCUT2D eigenvalue weighted by molar-refractivity contribution is 0.0972. The van der Waals surface area contributed by atoms with E-state index in [0.29, 0.717) is 5.41 Å². The van der Waals surface area contributed by atoms with E-state index in [-0.39, 0.29) is 0 Å². The predicted octanol–water partition coefficient (Wildman–Crippen LogP) is 4.87. The van der Waals surface area contributed by atoms with Crippen LogP contribution in [0.5, 0.6) is 0 Å². The fraction of sp³-hybridized carbons (Fsp3) is 1.00. The number of rotatable bonds is 8. The Morgan fingerprint density at radius 2 is 1.63 bits per heavy atom. The number of likely N-dealkylation sites (tertiary alicyclic amines) is 1. The maximum absolute atomic E-state index is 4.69. The molecule has 1 aliphatic rings. The smallest absolute Gasteiger partial charge is 0.00458 e. The normalized spacial score (nSPS) is 19.3. The zero-order chi connectivity index (χ0) is 14.3. The van der Waals surface area contributed by atoms with E-state index in [1.54, 1.807) is 0 Å². The lowest BCUT2D eigenvalue weighted by Gasteiger charge is -2.41. The van der Waals surface area contributed by atoms with Crippen molar-refractivity contribution in [3.8, 4) is 0 Å². The molecule has 0 amide bonds. The average Bonchev–Trinajstić information content (AvgIpc) is 2.40. The number of nitrogens with zero attached hydrogens (tertiary/aromatic N) is 1. The summed E-state index contributed by atoms with van der Waals surface area (Å²) in [7, 11) is 0. The molecular weight excluding hydrogens is 250 g/mol. The molecule has 1 rings (SSSR count). The van der Waals surface area contributed by atoms with Gasteiger partial charge in [0, 0.05) is 6.54 Å². The Morgan fingerprint density at radius 1 is 1.11 bits per heavy atom. The van der Waals surface area contributed by atoms with Gasteiger partial charge >= 0.3 is 0 Å². The van der Waals surface area contributed by atoms with Gasteiger partial charge in [-0.1, -0.05) is 40.5 Å². The molecule has 0 radical (unpaired) electrons. The Morgan fingerprint density at radius 3 is 2.00 bits per heavy atom. The minimum absolute atomic E-state index is 0.470. The third-order valence-electron chi connectivity index (χ3n) is 5.03. The van der Waals surface area contributed by atoms with Crippen LogP contribution in [-0.4, -0.2) is 30.3 Å². The van der Waals surface area contributed by atoms with Crippen LogP contribution in [0.2, 0.25) is 0 Å².